The summed E-state index contributed by atoms with van der Waals surface area (Å²) in [4.78, 5) is 10.9. The number of nitrogens with zero attached hydrogens (tertiary/aromatic N) is 4. The Balaban J connectivity index is 2.44. The first kappa shape index (κ1) is 8.30. The highest BCUT2D eigenvalue weighted by molar-refractivity contribution is 7.23. The van der Waals surface area contributed by atoms with Gasteiger partial charge < -0.3 is 0 Å². The van der Waals surface area contributed by atoms with Gasteiger partial charge in [-0.3, -0.25) is 14.5 Å². The molecule has 0 fully saturated rings. The zero-order valence-electron chi connectivity index (χ0n) is 7.32. The molecule has 3 rings (SSSR count). The topological polar surface area (TPSA) is 73.3 Å². The molecule has 0 aliphatic heterocycles. The summed E-state index contributed by atoms with van der Waals surface area (Å²) in [6.45, 7) is 0. The predicted molar refractivity (Wildman–Crippen MR) is 55.0 cm³/mol. The van der Waals surface area contributed by atoms with E-state index < -0.39 is 4.92 Å². The van der Waals surface area contributed by atoms with E-state index in [4.69, 9.17) is 0 Å². The molecule has 0 saturated carbocycles. The minimum Gasteiger partial charge on any atom is -0.272 e. The Labute approximate surface area is 86.9 Å². The molecule has 7 heteroatoms. The van der Waals surface area contributed by atoms with Crippen LogP contribution in [0.15, 0.2) is 24.5 Å². The molecule has 0 bridgehead atoms. The number of nitro groups is 1. The summed E-state index contributed by atoms with van der Waals surface area (Å²) in [5.41, 5.74) is 0.852. The number of thiazole rings is 1. The molecule has 0 spiro atoms. The first-order valence-electron chi connectivity index (χ1n) is 4.12. The van der Waals surface area contributed by atoms with E-state index in [2.05, 4.69) is 10.2 Å². The summed E-state index contributed by atoms with van der Waals surface area (Å²) in [7, 11) is 0. The fourth-order valence-corrected chi connectivity index (χ4v) is 2.38. The number of rotatable bonds is 1. The SMILES string of the molecule is O=[N+]([O-])c1ccc2sc3nncn3c2c1. The fourth-order valence-electron chi connectivity index (χ4n) is 1.45. The third kappa shape index (κ3) is 1.10. The van der Waals surface area contributed by atoms with Crippen molar-refractivity contribution in [2.45, 2.75) is 0 Å². The van der Waals surface area contributed by atoms with Crippen LogP contribution in [-0.2, 0) is 0 Å². The zero-order chi connectivity index (χ0) is 10.4. The molecular formula is C8H4N4O2S. The second-order valence-corrected chi connectivity index (χ2v) is 4.00. The van der Waals surface area contributed by atoms with Crippen LogP contribution in [0.5, 0.6) is 0 Å². The predicted octanol–water partition coefficient (Wildman–Crippen LogP) is 1.85. The highest BCUT2D eigenvalue weighted by Crippen LogP contribution is 2.27. The molecule has 0 aliphatic carbocycles. The Morgan fingerprint density at radius 3 is 3.13 bits per heavy atom. The maximum atomic E-state index is 10.6. The van der Waals surface area contributed by atoms with Crippen LogP contribution in [-0.4, -0.2) is 19.5 Å². The molecule has 74 valence electrons. The molecule has 0 atom stereocenters. The number of aromatic nitrogens is 3. The lowest BCUT2D eigenvalue weighted by molar-refractivity contribution is -0.384. The lowest BCUT2D eigenvalue weighted by atomic mass is 10.3. The van der Waals surface area contributed by atoms with Crippen LogP contribution >= 0.6 is 11.3 Å². The minimum absolute atomic E-state index is 0.0795. The van der Waals surface area contributed by atoms with Crippen molar-refractivity contribution in [3.05, 3.63) is 34.6 Å². The van der Waals surface area contributed by atoms with Crippen LogP contribution in [0.4, 0.5) is 5.69 Å². The molecule has 1 aromatic carbocycles. The molecule has 6 nitrogen and oxygen atoms in total. The molecule has 3 aromatic rings. The van der Waals surface area contributed by atoms with Gasteiger partial charge in [0.1, 0.15) is 6.33 Å². The highest BCUT2D eigenvalue weighted by Gasteiger charge is 2.11. The van der Waals surface area contributed by atoms with Gasteiger partial charge in [-0.15, -0.1) is 10.2 Å². The van der Waals surface area contributed by atoms with Gasteiger partial charge in [0.25, 0.3) is 5.69 Å². The van der Waals surface area contributed by atoms with E-state index in [9.17, 15) is 10.1 Å². The molecule has 2 aromatic heterocycles. The van der Waals surface area contributed by atoms with Crippen LogP contribution in [0.1, 0.15) is 0 Å². The number of nitro benzene ring substituents is 1. The van der Waals surface area contributed by atoms with Crippen molar-refractivity contribution in [3.63, 3.8) is 0 Å². The summed E-state index contributed by atoms with van der Waals surface area (Å²) in [6.07, 6.45) is 1.55. The Kier molecular flexibility index (Phi) is 1.51. The van der Waals surface area contributed by atoms with Gasteiger partial charge in [-0.25, -0.2) is 0 Å². The number of fused-ring (bicyclic) bond motifs is 3. The van der Waals surface area contributed by atoms with E-state index in [1.807, 2.05) is 0 Å². The maximum absolute atomic E-state index is 10.6. The average molecular weight is 220 g/mol. The zero-order valence-corrected chi connectivity index (χ0v) is 8.14. The van der Waals surface area contributed by atoms with E-state index in [1.165, 1.54) is 23.5 Å². The summed E-state index contributed by atoms with van der Waals surface area (Å²) < 4.78 is 2.71. The molecule has 0 N–H and O–H groups in total. The first-order valence-corrected chi connectivity index (χ1v) is 4.94. The Bertz CT molecular complexity index is 671. The van der Waals surface area contributed by atoms with Gasteiger partial charge in [0.05, 0.1) is 15.1 Å². The van der Waals surface area contributed by atoms with Crippen molar-refractivity contribution >= 4 is 32.2 Å². The van der Waals surface area contributed by atoms with Crippen LogP contribution in [0.2, 0.25) is 0 Å². The van der Waals surface area contributed by atoms with Gasteiger partial charge in [0, 0.05) is 12.1 Å². The number of non-ortho nitro benzene ring substituents is 1. The molecule has 0 unspecified atom stereocenters. The largest absolute Gasteiger partial charge is 0.272 e. The van der Waals surface area contributed by atoms with Crippen molar-refractivity contribution in [1.82, 2.24) is 14.6 Å². The summed E-state index contributed by atoms with van der Waals surface area (Å²) in [5, 5.41) is 18.2. The molecule has 0 saturated heterocycles. The van der Waals surface area contributed by atoms with Crippen molar-refractivity contribution < 1.29 is 4.92 Å². The van der Waals surface area contributed by atoms with Gasteiger partial charge >= 0.3 is 0 Å². The Morgan fingerprint density at radius 2 is 2.33 bits per heavy atom. The molecule has 2 heterocycles. The monoisotopic (exact) mass is 220 g/mol. The van der Waals surface area contributed by atoms with E-state index >= 15 is 0 Å². The van der Waals surface area contributed by atoms with Crippen LogP contribution < -0.4 is 0 Å². The second kappa shape index (κ2) is 2.74. The van der Waals surface area contributed by atoms with Crippen LogP contribution in [0.25, 0.3) is 15.2 Å². The minimum atomic E-state index is -0.409. The molecule has 0 radical (unpaired) electrons. The van der Waals surface area contributed by atoms with Gasteiger partial charge in [0.15, 0.2) is 0 Å². The summed E-state index contributed by atoms with van der Waals surface area (Å²) in [6, 6.07) is 4.75. The summed E-state index contributed by atoms with van der Waals surface area (Å²) in [5.74, 6) is 0. The van der Waals surface area contributed by atoms with E-state index in [1.54, 1.807) is 16.8 Å². The fraction of sp³-hybridized carbons (Fsp3) is 0. The van der Waals surface area contributed by atoms with Gasteiger partial charge in [-0.2, -0.15) is 0 Å². The number of hydrogen-bond acceptors (Lipinski definition) is 5. The Morgan fingerprint density at radius 1 is 1.47 bits per heavy atom. The first-order chi connectivity index (χ1) is 7.25. The van der Waals surface area contributed by atoms with Crippen LogP contribution in [0.3, 0.4) is 0 Å². The van der Waals surface area contributed by atoms with Crippen LogP contribution in [0, 0.1) is 10.1 Å². The van der Waals surface area contributed by atoms with Crippen molar-refractivity contribution in [3.8, 4) is 0 Å². The van der Waals surface area contributed by atoms with E-state index in [0.717, 1.165) is 15.2 Å². The second-order valence-electron chi connectivity index (χ2n) is 2.99. The van der Waals surface area contributed by atoms with Gasteiger partial charge in [-0.1, -0.05) is 11.3 Å². The molecule has 15 heavy (non-hydrogen) atoms. The molecule has 0 amide bonds. The van der Waals surface area contributed by atoms with E-state index in [0.29, 0.717) is 0 Å². The maximum Gasteiger partial charge on any atom is 0.271 e. The lowest BCUT2D eigenvalue weighted by Gasteiger charge is -1.91. The van der Waals surface area contributed by atoms with Gasteiger partial charge in [-0.05, 0) is 6.07 Å². The molecule has 0 aliphatic rings. The third-order valence-corrected chi connectivity index (χ3v) is 3.16. The number of benzene rings is 1. The van der Waals surface area contributed by atoms with Gasteiger partial charge in [0.2, 0.25) is 4.96 Å². The standard InChI is InChI=1S/C8H4N4O2S/c13-12(14)5-1-2-7-6(3-5)11-4-9-10-8(11)15-7/h1-4H. The van der Waals surface area contributed by atoms with Crippen molar-refractivity contribution in [2.24, 2.45) is 0 Å². The smallest absolute Gasteiger partial charge is 0.271 e. The normalized spacial score (nSPS) is 11.2. The van der Waals surface area contributed by atoms with Crippen molar-refractivity contribution in [2.75, 3.05) is 0 Å². The Hall–Kier alpha value is -2.02. The average Bonchev–Trinajstić information content (AvgIpc) is 2.75. The third-order valence-electron chi connectivity index (χ3n) is 2.13. The lowest BCUT2D eigenvalue weighted by Crippen LogP contribution is -1.87. The highest BCUT2D eigenvalue weighted by atomic mass is 32.1. The van der Waals surface area contributed by atoms with E-state index in [-0.39, 0.29) is 5.69 Å². The quantitative estimate of drug-likeness (QED) is 0.463. The number of hydrogen-bond donors (Lipinski definition) is 0. The van der Waals surface area contributed by atoms with Crippen molar-refractivity contribution in [1.29, 1.82) is 0 Å². The summed E-state index contributed by atoms with van der Waals surface area (Å²) >= 11 is 1.46. The molecular weight excluding hydrogens is 216 g/mol.